The summed E-state index contributed by atoms with van der Waals surface area (Å²) in [5.74, 6) is -2.30. The Hall–Kier alpha value is -1.18. The smallest absolute Gasteiger partial charge is 0.309 e. The van der Waals surface area contributed by atoms with Crippen LogP contribution >= 0.6 is 0 Å². The molecule has 0 aromatic carbocycles. The zero-order valence-electron chi connectivity index (χ0n) is 15.9. The number of carbonyl (C=O) groups is 2. The van der Waals surface area contributed by atoms with Crippen LogP contribution in [0.25, 0.3) is 0 Å². The molecule has 2 saturated heterocycles. The number of aliphatic hydroxyl groups is 2. The van der Waals surface area contributed by atoms with Crippen molar-refractivity contribution < 1.29 is 34.0 Å². The number of carbonyl (C=O) groups excluding carboxylic acids is 2. The van der Waals surface area contributed by atoms with Crippen molar-refractivity contribution in [3.05, 3.63) is 0 Å². The summed E-state index contributed by atoms with van der Waals surface area (Å²) < 4.78 is 17.5. The van der Waals surface area contributed by atoms with E-state index in [-0.39, 0.29) is 24.3 Å². The molecule has 0 amide bonds. The number of hydrogen-bond acceptors (Lipinski definition) is 7. The first kappa shape index (κ1) is 18.2. The van der Waals surface area contributed by atoms with Crippen LogP contribution in [0.15, 0.2) is 0 Å². The second kappa shape index (κ2) is 5.20. The molecule has 7 heteroatoms. The number of hydrogen-bond donors (Lipinski definition) is 2. The van der Waals surface area contributed by atoms with Crippen molar-refractivity contribution in [2.75, 3.05) is 0 Å². The van der Waals surface area contributed by atoms with Crippen molar-refractivity contribution in [1.29, 1.82) is 0 Å². The lowest BCUT2D eigenvalue weighted by atomic mass is 9.75. The molecule has 2 heterocycles. The minimum Gasteiger partial charge on any atom is -0.462 e. The molecule has 0 bridgehead atoms. The lowest BCUT2D eigenvalue weighted by Crippen LogP contribution is -2.48. The van der Waals surface area contributed by atoms with Crippen LogP contribution in [-0.4, -0.2) is 57.3 Å². The molecule has 4 aliphatic rings. The Labute approximate surface area is 153 Å². The van der Waals surface area contributed by atoms with Crippen LogP contribution in [0.4, 0.5) is 0 Å². The fourth-order valence-electron chi connectivity index (χ4n) is 5.66. The average Bonchev–Trinajstić information content (AvgIpc) is 2.98. The van der Waals surface area contributed by atoms with Crippen LogP contribution in [-0.2, 0) is 23.8 Å². The van der Waals surface area contributed by atoms with Crippen LogP contribution in [0.3, 0.4) is 0 Å². The number of fused-ring (bicyclic) bond motifs is 1. The number of rotatable bonds is 2. The summed E-state index contributed by atoms with van der Waals surface area (Å²) in [7, 11) is 0. The van der Waals surface area contributed by atoms with E-state index in [2.05, 4.69) is 0 Å². The standard InChI is InChI=1S/C19H28O7/c1-8(2)15(21)24-10-7-17(4,23)11-6-12(20)18(5)19(11,26-18)14-13(10)9(3)16(22)25-14/h8-14,20,23H,6-7H2,1-5H3/t9-,10+,11-,12-,13+,14-,17+,18+,19+/m0/s1. The van der Waals surface area contributed by atoms with E-state index in [4.69, 9.17) is 14.2 Å². The Morgan fingerprint density at radius 1 is 1.35 bits per heavy atom. The molecule has 2 aliphatic heterocycles. The molecule has 146 valence electrons. The van der Waals surface area contributed by atoms with Gasteiger partial charge in [0.15, 0.2) is 0 Å². The van der Waals surface area contributed by atoms with Crippen LogP contribution < -0.4 is 0 Å². The van der Waals surface area contributed by atoms with Crippen molar-refractivity contribution in [2.45, 2.75) is 82.6 Å². The highest BCUT2D eigenvalue weighted by Gasteiger charge is 2.87. The van der Waals surface area contributed by atoms with Crippen LogP contribution in [0, 0.1) is 23.7 Å². The Balaban J connectivity index is 1.78. The molecule has 2 aliphatic carbocycles. The van der Waals surface area contributed by atoms with Gasteiger partial charge < -0.3 is 24.4 Å². The number of esters is 2. The zero-order valence-corrected chi connectivity index (χ0v) is 15.9. The summed E-state index contributed by atoms with van der Waals surface area (Å²) in [5, 5.41) is 21.8. The van der Waals surface area contributed by atoms with Gasteiger partial charge in [-0.15, -0.1) is 0 Å². The van der Waals surface area contributed by atoms with Gasteiger partial charge in [-0.05, 0) is 20.3 Å². The van der Waals surface area contributed by atoms with E-state index < -0.39 is 52.9 Å². The third kappa shape index (κ3) is 2.05. The molecule has 7 nitrogen and oxygen atoms in total. The lowest BCUT2D eigenvalue weighted by Gasteiger charge is -2.34. The molecule has 0 unspecified atom stereocenters. The molecule has 26 heavy (non-hydrogen) atoms. The maximum absolute atomic E-state index is 12.4. The molecule has 2 saturated carbocycles. The van der Waals surface area contributed by atoms with E-state index in [1.165, 1.54) is 0 Å². The largest absolute Gasteiger partial charge is 0.462 e. The molecule has 0 aromatic heterocycles. The Kier molecular flexibility index (Phi) is 3.64. The summed E-state index contributed by atoms with van der Waals surface area (Å²) in [6.07, 6.45) is -1.47. The summed E-state index contributed by atoms with van der Waals surface area (Å²) >= 11 is 0. The van der Waals surface area contributed by atoms with E-state index in [1.54, 1.807) is 27.7 Å². The van der Waals surface area contributed by atoms with Crippen molar-refractivity contribution >= 4 is 11.9 Å². The highest BCUT2D eigenvalue weighted by molar-refractivity contribution is 5.76. The van der Waals surface area contributed by atoms with Crippen LogP contribution in [0.1, 0.15) is 47.5 Å². The van der Waals surface area contributed by atoms with Gasteiger partial charge >= 0.3 is 11.9 Å². The van der Waals surface area contributed by atoms with Gasteiger partial charge in [0.05, 0.1) is 23.5 Å². The first-order valence-corrected chi connectivity index (χ1v) is 9.47. The zero-order chi connectivity index (χ0) is 19.2. The molecule has 4 rings (SSSR count). The second-order valence-corrected chi connectivity index (χ2v) is 9.22. The summed E-state index contributed by atoms with van der Waals surface area (Å²) in [6.45, 7) is 8.77. The quantitative estimate of drug-likeness (QED) is 0.548. The third-order valence-electron chi connectivity index (χ3n) is 7.23. The fraction of sp³-hybridized carbons (Fsp3) is 0.895. The molecule has 0 radical (unpaired) electrons. The van der Waals surface area contributed by atoms with Gasteiger partial charge in [-0.2, -0.15) is 0 Å². The van der Waals surface area contributed by atoms with E-state index in [1.807, 2.05) is 6.92 Å². The summed E-state index contributed by atoms with van der Waals surface area (Å²) in [5.41, 5.74) is -3.00. The molecule has 9 atom stereocenters. The topological polar surface area (TPSA) is 106 Å². The number of ether oxygens (including phenoxy) is 3. The Bertz CT molecular complexity index is 658. The average molecular weight is 368 g/mol. The van der Waals surface area contributed by atoms with Gasteiger partial charge in [-0.25, -0.2) is 0 Å². The highest BCUT2D eigenvalue weighted by atomic mass is 16.7. The summed E-state index contributed by atoms with van der Waals surface area (Å²) in [6, 6.07) is 0. The molecule has 2 N–H and O–H groups in total. The molecule has 0 aromatic rings. The van der Waals surface area contributed by atoms with Gasteiger partial charge in [0.25, 0.3) is 0 Å². The highest BCUT2D eigenvalue weighted by Crippen LogP contribution is 2.71. The maximum atomic E-state index is 12.4. The summed E-state index contributed by atoms with van der Waals surface area (Å²) in [4.78, 5) is 24.6. The molecular weight excluding hydrogens is 340 g/mol. The maximum Gasteiger partial charge on any atom is 0.309 e. The minimum atomic E-state index is -1.21. The molecule has 4 fully saturated rings. The lowest BCUT2D eigenvalue weighted by molar-refractivity contribution is -0.161. The van der Waals surface area contributed by atoms with E-state index >= 15 is 0 Å². The first-order chi connectivity index (χ1) is 12.0. The van der Waals surface area contributed by atoms with Crippen LogP contribution in [0.5, 0.6) is 0 Å². The van der Waals surface area contributed by atoms with Gasteiger partial charge in [-0.1, -0.05) is 20.8 Å². The normalized spacial score (nSPS) is 54.8. The first-order valence-electron chi connectivity index (χ1n) is 9.47. The monoisotopic (exact) mass is 368 g/mol. The second-order valence-electron chi connectivity index (χ2n) is 9.22. The van der Waals surface area contributed by atoms with Gasteiger partial charge in [-0.3, -0.25) is 9.59 Å². The van der Waals surface area contributed by atoms with Crippen LogP contribution in [0.2, 0.25) is 0 Å². The fourth-order valence-corrected chi connectivity index (χ4v) is 5.66. The van der Waals surface area contributed by atoms with Crippen molar-refractivity contribution in [2.24, 2.45) is 23.7 Å². The van der Waals surface area contributed by atoms with E-state index in [0.29, 0.717) is 6.42 Å². The van der Waals surface area contributed by atoms with Crippen molar-refractivity contribution in [3.8, 4) is 0 Å². The number of aliphatic hydroxyl groups excluding tert-OH is 1. The van der Waals surface area contributed by atoms with E-state index in [9.17, 15) is 19.8 Å². The van der Waals surface area contributed by atoms with Crippen molar-refractivity contribution in [3.63, 3.8) is 0 Å². The number of epoxide rings is 1. The predicted octanol–water partition coefficient (Wildman–Crippen LogP) is 0.795. The van der Waals surface area contributed by atoms with E-state index in [0.717, 1.165) is 0 Å². The SMILES string of the molecule is CC(C)C(=O)O[C@@H]1C[C@@](C)(O)[C@@H]2C[C@H](O)[C@@]3(C)O[C@@]23[C@H]2OC(=O)[C@@H](C)[C@H]12. The third-order valence-corrected chi connectivity index (χ3v) is 7.23. The minimum absolute atomic E-state index is 0.187. The van der Waals surface area contributed by atoms with Gasteiger partial charge in [0.2, 0.25) is 0 Å². The van der Waals surface area contributed by atoms with Gasteiger partial charge in [0, 0.05) is 18.3 Å². The Morgan fingerprint density at radius 3 is 2.58 bits per heavy atom. The Morgan fingerprint density at radius 2 is 2.00 bits per heavy atom. The molecule has 1 spiro atoms. The van der Waals surface area contributed by atoms with Crippen molar-refractivity contribution in [1.82, 2.24) is 0 Å². The van der Waals surface area contributed by atoms with Gasteiger partial charge in [0.1, 0.15) is 23.4 Å². The molecular formula is C19H28O7. The predicted molar refractivity (Wildman–Crippen MR) is 88.8 cm³/mol.